The van der Waals surface area contributed by atoms with Crippen LogP contribution in [0.5, 0.6) is 0 Å². The van der Waals surface area contributed by atoms with Gasteiger partial charge in [0.25, 0.3) is 0 Å². The van der Waals surface area contributed by atoms with Crippen LogP contribution in [0, 0.1) is 11.8 Å². The van der Waals surface area contributed by atoms with Gasteiger partial charge >= 0.3 is 0 Å². The predicted octanol–water partition coefficient (Wildman–Crippen LogP) is 4.12. The molecule has 4 rings (SSSR count). The van der Waals surface area contributed by atoms with Crippen LogP contribution in [0.25, 0.3) is 11.5 Å². The van der Waals surface area contributed by atoms with Gasteiger partial charge in [0, 0.05) is 11.8 Å². The summed E-state index contributed by atoms with van der Waals surface area (Å²) in [5.74, 6) is 0.911. The number of hydrogen-bond donors (Lipinski definition) is 1. The van der Waals surface area contributed by atoms with E-state index in [1.165, 1.54) is 11.3 Å². The lowest BCUT2D eigenvalue weighted by molar-refractivity contribution is -0.117. The fourth-order valence-electron chi connectivity index (χ4n) is 3.05. The molecule has 0 unspecified atom stereocenters. The molecular formula is C17H18N2O3S. The molecular weight excluding hydrogens is 312 g/mol. The first-order valence-corrected chi connectivity index (χ1v) is 8.94. The molecule has 0 aromatic carbocycles. The first kappa shape index (κ1) is 14.6. The second-order valence-electron chi connectivity index (χ2n) is 6.28. The summed E-state index contributed by atoms with van der Waals surface area (Å²) >= 11 is 1.27. The molecule has 2 aliphatic carbocycles. The molecule has 23 heavy (non-hydrogen) atoms. The summed E-state index contributed by atoms with van der Waals surface area (Å²) < 4.78 is 5.43. The van der Waals surface area contributed by atoms with E-state index >= 15 is 0 Å². The van der Waals surface area contributed by atoms with Gasteiger partial charge in [-0.15, -0.1) is 0 Å². The number of nitrogens with zero attached hydrogens (tertiary/aromatic N) is 1. The lowest BCUT2D eigenvalue weighted by Gasteiger charge is -2.06. The molecule has 0 saturated heterocycles. The third-order valence-corrected chi connectivity index (χ3v) is 5.50. The minimum Gasteiger partial charge on any atom is -0.463 e. The number of hydrogen-bond acceptors (Lipinski definition) is 5. The Bertz CT molecular complexity index is 725. The van der Waals surface area contributed by atoms with Crippen molar-refractivity contribution < 1.29 is 14.0 Å². The number of Topliss-reactive ketones (excluding diaryl/α,β-unsaturated/α-hetero) is 1. The van der Waals surface area contributed by atoms with Crippen LogP contribution in [0.4, 0.5) is 5.13 Å². The van der Waals surface area contributed by atoms with Crippen LogP contribution in [0.15, 0.2) is 22.8 Å². The molecule has 0 aliphatic heterocycles. The summed E-state index contributed by atoms with van der Waals surface area (Å²) in [4.78, 5) is 29.9. The summed E-state index contributed by atoms with van der Waals surface area (Å²) in [5.41, 5.74) is 0.558. The highest BCUT2D eigenvalue weighted by Crippen LogP contribution is 2.38. The van der Waals surface area contributed by atoms with Crippen molar-refractivity contribution >= 4 is 28.2 Å². The molecule has 2 heterocycles. The van der Waals surface area contributed by atoms with Gasteiger partial charge < -0.3 is 9.73 Å². The van der Waals surface area contributed by atoms with Crippen LogP contribution < -0.4 is 5.32 Å². The van der Waals surface area contributed by atoms with Crippen LogP contribution in [0.2, 0.25) is 0 Å². The molecule has 2 aromatic heterocycles. The molecule has 0 spiro atoms. The Morgan fingerprint density at radius 2 is 1.96 bits per heavy atom. The van der Waals surface area contributed by atoms with Gasteiger partial charge in [0.15, 0.2) is 16.7 Å². The number of furan rings is 1. The molecule has 2 saturated carbocycles. The Morgan fingerprint density at radius 1 is 1.17 bits per heavy atom. The van der Waals surface area contributed by atoms with Crippen molar-refractivity contribution in [3.05, 3.63) is 23.3 Å². The molecule has 0 atom stereocenters. The topological polar surface area (TPSA) is 72.2 Å². The third-order valence-electron chi connectivity index (χ3n) is 4.51. The number of thiazole rings is 1. The number of amides is 1. The summed E-state index contributed by atoms with van der Waals surface area (Å²) in [7, 11) is 0. The normalized spacial score (nSPS) is 18.3. The Kier molecular flexibility index (Phi) is 3.77. The molecule has 0 bridgehead atoms. The van der Waals surface area contributed by atoms with Gasteiger partial charge in [0.1, 0.15) is 10.6 Å². The quantitative estimate of drug-likeness (QED) is 0.837. The smallest absolute Gasteiger partial charge is 0.229 e. The molecule has 2 aliphatic rings. The molecule has 6 heteroatoms. The van der Waals surface area contributed by atoms with E-state index in [0.29, 0.717) is 21.5 Å². The summed E-state index contributed by atoms with van der Waals surface area (Å²) in [6.45, 7) is 0. The highest BCUT2D eigenvalue weighted by atomic mass is 32.1. The van der Waals surface area contributed by atoms with Crippen LogP contribution in [-0.4, -0.2) is 16.7 Å². The largest absolute Gasteiger partial charge is 0.463 e. The van der Waals surface area contributed by atoms with E-state index in [1.807, 2.05) is 0 Å². The molecule has 5 nitrogen and oxygen atoms in total. The van der Waals surface area contributed by atoms with E-state index in [0.717, 1.165) is 38.5 Å². The fraction of sp³-hybridized carbons (Fsp3) is 0.471. The average Bonchev–Trinajstić information content (AvgIpc) is 3.01. The van der Waals surface area contributed by atoms with E-state index in [1.54, 1.807) is 18.4 Å². The van der Waals surface area contributed by atoms with Crippen molar-refractivity contribution in [3.63, 3.8) is 0 Å². The summed E-state index contributed by atoms with van der Waals surface area (Å²) in [6, 6.07) is 3.58. The van der Waals surface area contributed by atoms with E-state index in [-0.39, 0.29) is 23.5 Å². The first-order valence-electron chi connectivity index (χ1n) is 8.12. The van der Waals surface area contributed by atoms with E-state index < -0.39 is 0 Å². The van der Waals surface area contributed by atoms with E-state index in [9.17, 15) is 9.59 Å². The standard InChI is InChI=1S/C17H18N2O3S/c20-14(10-4-1-2-5-10)15-13(12-6-3-9-22-12)18-17(23-15)19-16(21)11-7-8-11/h3,6,9-11H,1-2,4-5,7-8H2,(H,18,19,21). The van der Waals surface area contributed by atoms with E-state index in [2.05, 4.69) is 10.3 Å². The summed E-state index contributed by atoms with van der Waals surface area (Å²) in [6.07, 6.45) is 7.55. The zero-order chi connectivity index (χ0) is 15.8. The number of carbonyl (C=O) groups excluding carboxylic acids is 2. The maximum absolute atomic E-state index is 12.8. The van der Waals surface area contributed by atoms with Crippen LogP contribution in [0.1, 0.15) is 48.2 Å². The molecule has 1 N–H and O–H groups in total. The lowest BCUT2D eigenvalue weighted by Crippen LogP contribution is -2.12. The fourth-order valence-corrected chi connectivity index (χ4v) is 4.04. The number of aromatic nitrogens is 1. The third kappa shape index (κ3) is 2.95. The number of rotatable bonds is 5. The summed E-state index contributed by atoms with van der Waals surface area (Å²) in [5, 5.41) is 3.34. The SMILES string of the molecule is O=C(Nc1nc(-c2ccco2)c(C(=O)C2CCCC2)s1)C1CC1. The second-order valence-corrected chi connectivity index (χ2v) is 7.28. The number of nitrogens with one attached hydrogen (secondary N) is 1. The van der Waals surface area contributed by atoms with Gasteiger partial charge in [-0.25, -0.2) is 4.98 Å². The Hall–Kier alpha value is -1.95. The van der Waals surface area contributed by atoms with Gasteiger partial charge in [0.05, 0.1) is 6.26 Å². The maximum Gasteiger partial charge on any atom is 0.229 e. The van der Waals surface area contributed by atoms with Crippen molar-refractivity contribution in [2.24, 2.45) is 11.8 Å². The highest BCUT2D eigenvalue weighted by molar-refractivity contribution is 7.18. The molecule has 2 aromatic rings. The second kappa shape index (κ2) is 5.92. The van der Waals surface area contributed by atoms with Gasteiger partial charge in [0.2, 0.25) is 5.91 Å². The van der Waals surface area contributed by atoms with Crippen LogP contribution >= 0.6 is 11.3 Å². The Balaban J connectivity index is 1.65. The molecule has 120 valence electrons. The lowest BCUT2D eigenvalue weighted by atomic mass is 10.0. The number of anilines is 1. The average molecular weight is 330 g/mol. The van der Waals surface area contributed by atoms with Gasteiger partial charge in [-0.1, -0.05) is 24.2 Å². The Labute approximate surface area is 138 Å². The minimum atomic E-state index is 0.00427. The number of ketones is 1. The van der Waals surface area contributed by atoms with Gasteiger partial charge in [-0.3, -0.25) is 9.59 Å². The monoisotopic (exact) mass is 330 g/mol. The molecule has 0 radical (unpaired) electrons. The minimum absolute atomic E-state index is 0.00427. The first-order chi connectivity index (χ1) is 11.2. The number of carbonyl (C=O) groups is 2. The zero-order valence-corrected chi connectivity index (χ0v) is 13.5. The highest BCUT2D eigenvalue weighted by Gasteiger charge is 2.32. The Morgan fingerprint density at radius 3 is 2.61 bits per heavy atom. The van der Waals surface area contributed by atoms with E-state index in [4.69, 9.17) is 4.42 Å². The van der Waals surface area contributed by atoms with Crippen LogP contribution in [0.3, 0.4) is 0 Å². The van der Waals surface area contributed by atoms with Gasteiger partial charge in [-0.2, -0.15) is 0 Å². The maximum atomic E-state index is 12.8. The van der Waals surface area contributed by atoms with Crippen molar-refractivity contribution in [2.75, 3.05) is 5.32 Å². The van der Waals surface area contributed by atoms with Crippen molar-refractivity contribution in [1.29, 1.82) is 0 Å². The van der Waals surface area contributed by atoms with Gasteiger partial charge in [-0.05, 0) is 37.8 Å². The van der Waals surface area contributed by atoms with Crippen molar-refractivity contribution in [2.45, 2.75) is 38.5 Å². The molecule has 1 amide bonds. The zero-order valence-electron chi connectivity index (χ0n) is 12.7. The predicted molar refractivity (Wildman–Crippen MR) is 87.5 cm³/mol. The van der Waals surface area contributed by atoms with Crippen molar-refractivity contribution in [3.8, 4) is 11.5 Å². The van der Waals surface area contributed by atoms with Crippen molar-refractivity contribution in [1.82, 2.24) is 4.98 Å². The molecule has 2 fully saturated rings. The van der Waals surface area contributed by atoms with Crippen LogP contribution in [-0.2, 0) is 4.79 Å².